The zero-order valence-electron chi connectivity index (χ0n) is 10.8. The van der Waals surface area contributed by atoms with Crippen LogP contribution in [0.1, 0.15) is 11.3 Å². The van der Waals surface area contributed by atoms with Crippen LogP contribution >= 0.6 is 0 Å². The number of para-hydroxylation sites is 1. The number of pyridine rings is 1. The van der Waals surface area contributed by atoms with Crippen LogP contribution in [0.3, 0.4) is 0 Å². The number of aryl methyl sites for hydroxylation is 1. The van der Waals surface area contributed by atoms with E-state index in [0.29, 0.717) is 17.1 Å². The predicted molar refractivity (Wildman–Crippen MR) is 74.5 cm³/mol. The van der Waals surface area contributed by atoms with Crippen molar-refractivity contribution < 1.29 is 4.39 Å². The van der Waals surface area contributed by atoms with Crippen LogP contribution in [0.2, 0.25) is 0 Å². The monoisotopic (exact) mass is 258 g/mol. The van der Waals surface area contributed by atoms with Crippen LogP contribution in [0.4, 0.5) is 15.9 Å². The van der Waals surface area contributed by atoms with Gasteiger partial charge in [-0.2, -0.15) is 0 Å². The Morgan fingerprint density at radius 2 is 2.00 bits per heavy atom. The molecular formula is C14H15FN4. The van der Waals surface area contributed by atoms with Crippen molar-refractivity contribution in [3.63, 3.8) is 0 Å². The van der Waals surface area contributed by atoms with Crippen LogP contribution < -0.4 is 10.6 Å². The van der Waals surface area contributed by atoms with E-state index in [0.717, 1.165) is 5.69 Å². The lowest BCUT2D eigenvalue weighted by Gasteiger charge is -2.20. The van der Waals surface area contributed by atoms with Gasteiger partial charge in [0.15, 0.2) is 0 Å². The van der Waals surface area contributed by atoms with Crippen molar-refractivity contribution in [2.45, 2.75) is 6.92 Å². The average molecular weight is 258 g/mol. The zero-order chi connectivity index (χ0) is 14.0. The van der Waals surface area contributed by atoms with Gasteiger partial charge in [-0.25, -0.2) is 9.37 Å². The van der Waals surface area contributed by atoms with E-state index >= 15 is 0 Å². The molecule has 0 spiro atoms. The molecule has 98 valence electrons. The molecule has 2 aromatic rings. The van der Waals surface area contributed by atoms with E-state index in [2.05, 4.69) is 4.98 Å². The maximum atomic E-state index is 13.7. The molecule has 3 N–H and O–H groups in total. The third-order valence-electron chi connectivity index (χ3n) is 2.81. The van der Waals surface area contributed by atoms with Crippen molar-refractivity contribution in [1.82, 2.24) is 4.98 Å². The van der Waals surface area contributed by atoms with Crippen molar-refractivity contribution in [3.05, 3.63) is 53.5 Å². The quantitative estimate of drug-likeness (QED) is 0.657. The number of halogens is 1. The van der Waals surface area contributed by atoms with Gasteiger partial charge in [-0.1, -0.05) is 12.1 Å². The highest BCUT2D eigenvalue weighted by molar-refractivity contribution is 5.95. The summed E-state index contributed by atoms with van der Waals surface area (Å²) in [6.07, 6.45) is 0. The topological polar surface area (TPSA) is 66.0 Å². The fourth-order valence-corrected chi connectivity index (χ4v) is 1.83. The fourth-order valence-electron chi connectivity index (χ4n) is 1.83. The van der Waals surface area contributed by atoms with Crippen LogP contribution in [0.5, 0.6) is 0 Å². The van der Waals surface area contributed by atoms with E-state index in [1.54, 1.807) is 42.3 Å². The number of nitrogens with one attached hydrogen (secondary N) is 1. The molecule has 0 saturated carbocycles. The van der Waals surface area contributed by atoms with E-state index < -0.39 is 0 Å². The van der Waals surface area contributed by atoms with E-state index in [9.17, 15) is 4.39 Å². The molecule has 0 radical (unpaired) electrons. The summed E-state index contributed by atoms with van der Waals surface area (Å²) < 4.78 is 13.7. The molecular weight excluding hydrogens is 243 g/mol. The number of rotatable bonds is 3. The van der Waals surface area contributed by atoms with Gasteiger partial charge >= 0.3 is 0 Å². The first-order valence-electron chi connectivity index (χ1n) is 5.80. The normalized spacial score (nSPS) is 10.3. The van der Waals surface area contributed by atoms with Crippen LogP contribution in [0.25, 0.3) is 0 Å². The van der Waals surface area contributed by atoms with Crippen LogP contribution in [-0.4, -0.2) is 17.9 Å². The largest absolute Gasteiger partial charge is 0.384 e. The van der Waals surface area contributed by atoms with E-state index in [1.165, 1.54) is 6.07 Å². The first-order valence-corrected chi connectivity index (χ1v) is 5.80. The molecule has 1 aromatic heterocycles. The minimum Gasteiger partial charge on any atom is -0.384 e. The molecule has 0 saturated heterocycles. The summed E-state index contributed by atoms with van der Waals surface area (Å²) in [5, 5.41) is 7.47. The zero-order valence-corrected chi connectivity index (χ0v) is 10.8. The highest BCUT2D eigenvalue weighted by Crippen LogP contribution is 2.25. The minimum absolute atomic E-state index is 0.0336. The highest BCUT2D eigenvalue weighted by Gasteiger charge is 2.12. The third-order valence-corrected chi connectivity index (χ3v) is 2.81. The van der Waals surface area contributed by atoms with Gasteiger partial charge < -0.3 is 10.6 Å². The molecule has 0 aliphatic heterocycles. The molecule has 0 fully saturated rings. The van der Waals surface area contributed by atoms with Crippen LogP contribution in [0.15, 0.2) is 36.4 Å². The molecule has 0 amide bonds. The molecule has 1 aromatic carbocycles. The Morgan fingerprint density at radius 3 is 2.63 bits per heavy atom. The summed E-state index contributed by atoms with van der Waals surface area (Å²) in [6.45, 7) is 1.81. The number of aromatic nitrogens is 1. The van der Waals surface area contributed by atoms with E-state index in [-0.39, 0.29) is 11.7 Å². The second-order valence-electron chi connectivity index (χ2n) is 4.28. The summed E-state index contributed by atoms with van der Waals surface area (Å²) in [5.74, 6) is 0.196. The molecule has 4 nitrogen and oxygen atoms in total. The second-order valence-corrected chi connectivity index (χ2v) is 4.28. The van der Waals surface area contributed by atoms with Gasteiger partial charge in [0.05, 0.1) is 5.69 Å². The lowest BCUT2D eigenvalue weighted by atomic mass is 10.2. The van der Waals surface area contributed by atoms with Gasteiger partial charge in [-0.15, -0.1) is 0 Å². The number of anilines is 2. The van der Waals surface area contributed by atoms with Crippen molar-refractivity contribution in [1.29, 1.82) is 5.41 Å². The predicted octanol–water partition coefficient (Wildman–Crippen LogP) is 2.58. The van der Waals surface area contributed by atoms with Gasteiger partial charge in [0.2, 0.25) is 0 Å². The molecule has 19 heavy (non-hydrogen) atoms. The van der Waals surface area contributed by atoms with Crippen LogP contribution in [0, 0.1) is 18.2 Å². The SMILES string of the molecule is Cc1cc(C(=N)N)cc(N(C)c2ccccc2F)n1. The Morgan fingerprint density at radius 1 is 1.32 bits per heavy atom. The molecule has 0 aliphatic carbocycles. The molecule has 0 aliphatic rings. The Kier molecular flexibility index (Phi) is 3.46. The second kappa shape index (κ2) is 5.06. The summed E-state index contributed by atoms with van der Waals surface area (Å²) in [5.41, 5.74) is 7.21. The van der Waals surface area contributed by atoms with Gasteiger partial charge in [0.1, 0.15) is 17.5 Å². The number of nitrogens with zero attached hydrogens (tertiary/aromatic N) is 2. The third kappa shape index (κ3) is 2.70. The van der Waals surface area contributed by atoms with Gasteiger partial charge in [-0.05, 0) is 31.2 Å². The van der Waals surface area contributed by atoms with E-state index in [4.69, 9.17) is 11.1 Å². The number of benzene rings is 1. The maximum absolute atomic E-state index is 13.7. The standard InChI is InChI=1S/C14H15FN4/c1-9-7-10(14(16)17)8-13(18-9)19(2)12-6-4-3-5-11(12)15/h3-8H,1-2H3,(H3,16,17). The Balaban J connectivity index is 2.47. The Hall–Kier alpha value is -2.43. The number of nitrogen functional groups attached to an aromatic ring is 1. The summed E-state index contributed by atoms with van der Waals surface area (Å²) in [6, 6.07) is 9.86. The van der Waals surface area contributed by atoms with Crippen molar-refractivity contribution >= 4 is 17.3 Å². The van der Waals surface area contributed by atoms with Gasteiger partial charge in [0.25, 0.3) is 0 Å². The fraction of sp³-hybridized carbons (Fsp3) is 0.143. The number of hydrogen-bond donors (Lipinski definition) is 2. The first kappa shape index (κ1) is 13.0. The van der Waals surface area contributed by atoms with Crippen molar-refractivity contribution in [2.24, 2.45) is 5.73 Å². The molecule has 0 unspecified atom stereocenters. The Labute approximate surface area is 111 Å². The molecule has 5 heteroatoms. The maximum Gasteiger partial charge on any atom is 0.146 e. The summed E-state index contributed by atoms with van der Waals surface area (Å²) in [4.78, 5) is 5.97. The summed E-state index contributed by atoms with van der Waals surface area (Å²) >= 11 is 0. The number of nitrogens with two attached hydrogens (primary N) is 1. The van der Waals surface area contributed by atoms with Gasteiger partial charge in [0, 0.05) is 18.3 Å². The lowest BCUT2D eigenvalue weighted by molar-refractivity contribution is 0.627. The lowest BCUT2D eigenvalue weighted by Crippen LogP contribution is -2.16. The molecule has 0 atom stereocenters. The molecule has 1 heterocycles. The minimum atomic E-state index is -0.322. The Bertz CT molecular complexity index is 625. The smallest absolute Gasteiger partial charge is 0.146 e. The number of hydrogen-bond acceptors (Lipinski definition) is 3. The van der Waals surface area contributed by atoms with Crippen LogP contribution in [-0.2, 0) is 0 Å². The summed E-state index contributed by atoms with van der Waals surface area (Å²) in [7, 11) is 1.73. The van der Waals surface area contributed by atoms with Gasteiger partial charge in [-0.3, -0.25) is 5.41 Å². The number of amidine groups is 1. The molecule has 2 rings (SSSR count). The first-order chi connectivity index (χ1) is 8.99. The van der Waals surface area contributed by atoms with E-state index in [1.807, 2.05) is 6.92 Å². The highest BCUT2D eigenvalue weighted by atomic mass is 19.1. The van der Waals surface area contributed by atoms with Crippen molar-refractivity contribution in [3.8, 4) is 0 Å². The average Bonchev–Trinajstić information content (AvgIpc) is 2.37. The molecule has 0 bridgehead atoms. The van der Waals surface area contributed by atoms with Crippen molar-refractivity contribution in [2.75, 3.05) is 11.9 Å².